The van der Waals surface area contributed by atoms with Gasteiger partial charge in [0, 0.05) is 12.8 Å². The van der Waals surface area contributed by atoms with Crippen molar-refractivity contribution in [2.75, 3.05) is 6.54 Å². The molecule has 0 fully saturated rings. The molecule has 49 heavy (non-hydrogen) atoms. The van der Waals surface area contributed by atoms with E-state index in [2.05, 4.69) is 26.6 Å². The molecule has 0 saturated carbocycles. The maximum absolute atomic E-state index is 13.6. The Bertz CT molecular complexity index is 1130. The summed E-state index contributed by atoms with van der Waals surface area (Å²) in [7, 11) is 0. The maximum Gasteiger partial charge on any atom is 0.243 e. The summed E-state index contributed by atoms with van der Waals surface area (Å²) in [5.74, 6) is -5.82. The highest BCUT2D eigenvalue weighted by molar-refractivity contribution is 5.96. The quantitative estimate of drug-likeness (QED) is 0.0372. The molecule has 7 amide bonds. The van der Waals surface area contributed by atoms with Gasteiger partial charge in [-0.1, -0.05) is 41.5 Å². The van der Waals surface area contributed by atoms with Gasteiger partial charge in [-0.05, 0) is 62.8 Å². The minimum absolute atomic E-state index is 0.0394. The Morgan fingerprint density at radius 2 is 1.06 bits per heavy atom. The van der Waals surface area contributed by atoms with Crippen molar-refractivity contribution in [1.82, 2.24) is 26.6 Å². The summed E-state index contributed by atoms with van der Waals surface area (Å²) < 4.78 is 0. The van der Waals surface area contributed by atoms with Crippen LogP contribution >= 0.6 is 0 Å². The average Bonchev–Trinajstić information content (AvgIpc) is 3.01. The van der Waals surface area contributed by atoms with E-state index in [0.717, 1.165) is 0 Å². The molecule has 17 heteroatoms. The third kappa shape index (κ3) is 18.3. The first-order valence-corrected chi connectivity index (χ1v) is 16.8. The van der Waals surface area contributed by atoms with Crippen LogP contribution in [0.2, 0.25) is 0 Å². The van der Waals surface area contributed by atoms with Crippen molar-refractivity contribution in [3.05, 3.63) is 0 Å². The summed E-state index contributed by atoms with van der Waals surface area (Å²) in [5, 5.41) is 13.0. The second kappa shape index (κ2) is 23.3. The van der Waals surface area contributed by atoms with Gasteiger partial charge < -0.3 is 54.3 Å². The Balaban J connectivity index is 6.00. The monoisotopic (exact) mass is 697 g/mol. The number of primary amides is 2. The van der Waals surface area contributed by atoms with Crippen LogP contribution in [0.4, 0.5) is 0 Å². The Labute approximate surface area is 288 Å². The van der Waals surface area contributed by atoms with E-state index < -0.39 is 83.5 Å². The summed E-state index contributed by atoms with van der Waals surface area (Å²) in [6.45, 7) is 10.8. The minimum atomic E-state index is -1.34. The molecule has 0 bridgehead atoms. The van der Waals surface area contributed by atoms with Crippen LogP contribution in [-0.4, -0.2) is 90.4 Å². The number of carbonyl (C=O) groups is 8. The molecule has 0 aliphatic carbocycles. The van der Waals surface area contributed by atoms with E-state index >= 15 is 0 Å². The molecule has 0 aromatic carbocycles. The molecule has 0 aromatic heterocycles. The molecule has 0 saturated heterocycles. The van der Waals surface area contributed by atoms with Crippen molar-refractivity contribution >= 4 is 47.6 Å². The summed E-state index contributed by atoms with van der Waals surface area (Å²) in [5.41, 5.74) is 21.8. The maximum atomic E-state index is 13.6. The largest absolute Gasteiger partial charge is 0.370 e. The van der Waals surface area contributed by atoms with E-state index in [-0.39, 0.29) is 43.9 Å². The molecule has 280 valence electrons. The van der Waals surface area contributed by atoms with Crippen LogP contribution in [0.3, 0.4) is 0 Å². The van der Waals surface area contributed by atoms with Gasteiger partial charge in [-0.2, -0.15) is 0 Å². The van der Waals surface area contributed by atoms with Crippen LogP contribution in [0, 0.1) is 17.8 Å². The fourth-order valence-corrected chi connectivity index (χ4v) is 4.76. The van der Waals surface area contributed by atoms with Gasteiger partial charge in [0.25, 0.3) is 0 Å². The zero-order valence-electron chi connectivity index (χ0n) is 29.7. The lowest BCUT2D eigenvalue weighted by molar-refractivity contribution is -0.136. The summed E-state index contributed by atoms with van der Waals surface area (Å²) >= 11 is 0. The van der Waals surface area contributed by atoms with Gasteiger partial charge in [0.1, 0.15) is 30.5 Å². The van der Waals surface area contributed by atoms with E-state index in [4.69, 9.17) is 22.9 Å². The smallest absolute Gasteiger partial charge is 0.243 e. The Kier molecular flexibility index (Phi) is 21.3. The lowest BCUT2D eigenvalue weighted by atomic mass is 9.98. The third-order valence-electron chi connectivity index (χ3n) is 7.65. The SMILES string of the molecule is CC(C)C[C@H](NC(=O)[C@H](CCC(N)=O)NC(=O)[C@@H](NC(=O)[C@@H](N)CCC(N)=O)C(C)C)C(=O)N[C@H](C(=O)N[C@H](C=O)CCCCN)C(C)C. The number of hydrogen-bond donors (Lipinski definition) is 9. The second-order valence-electron chi connectivity index (χ2n) is 13.4. The topological polar surface area (TPSA) is 301 Å². The van der Waals surface area contributed by atoms with Crippen molar-refractivity contribution in [3.8, 4) is 0 Å². The highest BCUT2D eigenvalue weighted by atomic mass is 16.2. The van der Waals surface area contributed by atoms with Crippen LogP contribution in [0.25, 0.3) is 0 Å². The fraction of sp³-hybridized carbons (Fsp3) is 0.750. The van der Waals surface area contributed by atoms with E-state index in [1.54, 1.807) is 27.7 Å². The molecule has 0 aliphatic rings. The van der Waals surface area contributed by atoms with Gasteiger partial charge in [0.05, 0.1) is 12.1 Å². The molecular formula is C32H59N9O8. The number of amides is 7. The molecule has 0 unspecified atom stereocenters. The molecule has 0 rings (SSSR count). The predicted octanol–water partition coefficient (Wildman–Crippen LogP) is -2.05. The number of nitrogens with one attached hydrogen (secondary N) is 5. The van der Waals surface area contributed by atoms with E-state index in [1.807, 2.05) is 13.8 Å². The molecule has 0 aliphatic heterocycles. The highest BCUT2D eigenvalue weighted by Crippen LogP contribution is 2.11. The minimum Gasteiger partial charge on any atom is -0.370 e. The van der Waals surface area contributed by atoms with Crippen LogP contribution in [0.15, 0.2) is 0 Å². The van der Waals surface area contributed by atoms with Gasteiger partial charge >= 0.3 is 0 Å². The Morgan fingerprint density at radius 3 is 1.53 bits per heavy atom. The average molecular weight is 698 g/mol. The Morgan fingerprint density at radius 1 is 0.592 bits per heavy atom. The van der Waals surface area contributed by atoms with E-state index in [0.29, 0.717) is 32.1 Å². The lowest BCUT2D eigenvalue weighted by Crippen LogP contribution is -2.60. The number of carbonyl (C=O) groups excluding carboxylic acids is 8. The third-order valence-corrected chi connectivity index (χ3v) is 7.65. The fourth-order valence-electron chi connectivity index (χ4n) is 4.76. The van der Waals surface area contributed by atoms with Crippen LogP contribution in [0.5, 0.6) is 0 Å². The van der Waals surface area contributed by atoms with Gasteiger partial charge in [-0.25, -0.2) is 0 Å². The molecule has 17 nitrogen and oxygen atoms in total. The normalized spacial score (nSPS) is 14.9. The van der Waals surface area contributed by atoms with Crippen molar-refractivity contribution in [2.45, 2.75) is 129 Å². The zero-order chi connectivity index (χ0) is 37.8. The van der Waals surface area contributed by atoms with Gasteiger partial charge in [-0.3, -0.25) is 33.6 Å². The van der Waals surface area contributed by atoms with Crippen LogP contribution in [0.1, 0.15) is 92.9 Å². The number of nitrogens with two attached hydrogens (primary N) is 4. The van der Waals surface area contributed by atoms with Gasteiger partial charge in [-0.15, -0.1) is 0 Å². The van der Waals surface area contributed by atoms with Gasteiger partial charge in [0.15, 0.2) is 0 Å². The molecule has 0 radical (unpaired) electrons. The van der Waals surface area contributed by atoms with Gasteiger partial charge in [0.2, 0.25) is 41.4 Å². The van der Waals surface area contributed by atoms with Crippen molar-refractivity contribution < 1.29 is 38.4 Å². The van der Waals surface area contributed by atoms with Crippen LogP contribution in [-0.2, 0) is 38.4 Å². The first kappa shape index (κ1) is 44.9. The summed E-state index contributed by atoms with van der Waals surface area (Å²) in [4.78, 5) is 101. The molecule has 13 N–H and O–H groups in total. The first-order valence-electron chi connectivity index (χ1n) is 16.8. The summed E-state index contributed by atoms with van der Waals surface area (Å²) in [6, 6.07) is -6.56. The van der Waals surface area contributed by atoms with Crippen molar-refractivity contribution in [1.29, 1.82) is 0 Å². The van der Waals surface area contributed by atoms with Crippen molar-refractivity contribution in [3.63, 3.8) is 0 Å². The molecule has 0 aromatic rings. The van der Waals surface area contributed by atoms with Crippen molar-refractivity contribution in [2.24, 2.45) is 40.7 Å². The van der Waals surface area contributed by atoms with Crippen LogP contribution < -0.4 is 49.5 Å². The number of hydrogen-bond acceptors (Lipinski definition) is 10. The molecule has 0 spiro atoms. The molecular weight excluding hydrogens is 638 g/mol. The lowest BCUT2D eigenvalue weighted by Gasteiger charge is -2.29. The Hall–Kier alpha value is -4.12. The number of unbranched alkanes of at least 4 members (excludes halogenated alkanes) is 1. The van der Waals surface area contributed by atoms with E-state index in [9.17, 15) is 38.4 Å². The number of aldehydes is 1. The molecule has 6 atom stereocenters. The zero-order valence-corrected chi connectivity index (χ0v) is 29.7. The summed E-state index contributed by atoms with van der Waals surface area (Å²) in [6.07, 6.45) is 1.81. The number of rotatable bonds is 25. The second-order valence-corrected chi connectivity index (χ2v) is 13.4. The standard InChI is InChI=1S/C32H59N9O8/c1-17(2)15-23(30(47)41-26(18(3)4)31(48)37-20(16-42)9-7-8-14-33)39-29(46)22(11-13-25(36)44)38-32(49)27(19(5)6)40-28(45)21(34)10-12-24(35)43/h16-23,26-27H,7-15,33-34H2,1-6H3,(H2,35,43)(H2,36,44)(H,37,48)(H,38,49)(H,39,46)(H,40,45)(H,41,47)/t20-,21-,22-,23-,26-,27-/m0/s1. The first-order chi connectivity index (χ1) is 22.8. The van der Waals surface area contributed by atoms with E-state index in [1.165, 1.54) is 0 Å². The molecule has 0 heterocycles. The predicted molar refractivity (Wildman–Crippen MR) is 183 cm³/mol. The highest BCUT2D eigenvalue weighted by Gasteiger charge is 2.34.